The molecule has 8 heteroatoms. The van der Waals surface area contributed by atoms with Crippen LogP contribution in [0, 0.1) is 11.6 Å². The summed E-state index contributed by atoms with van der Waals surface area (Å²) in [6, 6.07) is 16.2. The van der Waals surface area contributed by atoms with Crippen molar-refractivity contribution in [3.8, 4) is 11.4 Å². The maximum Gasteiger partial charge on any atom is 0.163 e. The molecular weight excluding hydrogens is 446 g/mol. The zero-order valence-electron chi connectivity index (χ0n) is 19.1. The van der Waals surface area contributed by atoms with Crippen LogP contribution in [0.3, 0.4) is 0 Å². The fourth-order valence-electron chi connectivity index (χ4n) is 4.71. The summed E-state index contributed by atoms with van der Waals surface area (Å²) in [5.74, 6) is -0.0413. The van der Waals surface area contributed by atoms with Crippen molar-refractivity contribution in [1.82, 2.24) is 24.8 Å². The van der Waals surface area contributed by atoms with Gasteiger partial charge in [0, 0.05) is 61.6 Å². The van der Waals surface area contributed by atoms with Gasteiger partial charge < -0.3 is 9.88 Å². The minimum Gasteiger partial charge on any atom is -0.352 e. The van der Waals surface area contributed by atoms with E-state index in [0.29, 0.717) is 12.2 Å². The average molecular weight is 471 g/mol. The number of para-hydroxylation sites is 1. The number of halogens is 2. The van der Waals surface area contributed by atoms with Crippen molar-refractivity contribution < 1.29 is 8.78 Å². The van der Waals surface area contributed by atoms with Crippen molar-refractivity contribution in [2.24, 2.45) is 0 Å². The molecule has 2 aromatic carbocycles. The number of pyridine rings is 1. The fraction of sp³-hybridized carbons (Fsp3) is 0.222. The molecule has 3 aromatic heterocycles. The fourth-order valence-corrected chi connectivity index (χ4v) is 4.71. The standard InChI is InChI=1S/C27H24F2N6/c28-21-8-7-18(16-22(21)29)9-11-34-12-14-35(15-13-34)27-25-24(20-5-1-2-6-23(20)31-25)32-26(33-27)19-4-3-10-30-17-19/h1-8,10,16-17,31H,9,11-15H2. The van der Waals surface area contributed by atoms with Crippen LogP contribution in [0.1, 0.15) is 5.56 Å². The van der Waals surface area contributed by atoms with Gasteiger partial charge in [-0.05, 0) is 42.3 Å². The lowest BCUT2D eigenvalue weighted by Crippen LogP contribution is -2.47. The van der Waals surface area contributed by atoms with Gasteiger partial charge in [-0.3, -0.25) is 9.88 Å². The molecule has 35 heavy (non-hydrogen) atoms. The second-order valence-corrected chi connectivity index (χ2v) is 8.83. The number of aromatic nitrogens is 4. The maximum absolute atomic E-state index is 13.5. The lowest BCUT2D eigenvalue weighted by molar-refractivity contribution is 0.260. The van der Waals surface area contributed by atoms with E-state index in [4.69, 9.17) is 9.97 Å². The van der Waals surface area contributed by atoms with Gasteiger partial charge in [-0.25, -0.2) is 18.7 Å². The molecule has 1 saturated heterocycles. The number of aromatic amines is 1. The summed E-state index contributed by atoms with van der Waals surface area (Å²) in [5.41, 5.74) is 4.57. The SMILES string of the molecule is Fc1ccc(CCN2CCN(c3nc(-c4cccnc4)nc4c3[nH]c3ccccc34)CC2)cc1F. The zero-order valence-corrected chi connectivity index (χ0v) is 19.1. The van der Waals surface area contributed by atoms with E-state index in [2.05, 4.69) is 31.9 Å². The molecule has 6 nitrogen and oxygen atoms in total. The Balaban J connectivity index is 1.26. The van der Waals surface area contributed by atoms with Gasteiger partial charge in [0.15, 0.2) is 23.3 Å². The van der Waals surface area contributed by atoms with E-state index in [1.54, 1.807) is 18.5 Å². The minimum atomic E-state index is -0.804. The second kappa shape index (κ2) is 9.03. The first-order chi connectivity index (χ1) is 17.2. The number of anilines is 1. The van der Waals surface area contributed by atoms with E-state index in [1.165, 1.54) is 12.1 Å². The highest BCUT2D eigenvalue weighted by Crippen LogP contribution is 2.32. The first-order valence-electron chi connectivity index (χ1n) is 11.8. The largest absolute Gasteiger partial charge is 0.352 e. The molecule has 0 amide bonds. The highest BCUT2D eigenvalue weighted by Gasteiger charge is 2.23. The van der Waals surface area contributed by atoms with Gasteiger partial charge in [0.25, 0.3) is 0 Å². The summed E-state index contributed by atoms with van der Waals surface area (Å²) >= 11 is 0. The quantitative estimate of drug-likeness (QED) is 0.399. The van der Waals surface area contributed by atoms with Crippen LogP contribution in [0.2, 0.25) is 0 Å². The van der Waals surface area contributed by atoms with E-state index < -0.39 is 11.6 Å². The molecule has 5 aromatic rings. The number of hydrogen-bond acceptors (Lipinski definition) is 5. The second-order valence-electron chi connectivity index (χ2n) is 8.83. The van der Waals surface area contributed by atoms with Crippen molar-refractivity contribution >= 4 is 27.8 Å². The zero-order chi connectivity index (χ0) is 23.8. The number of hydrogen-bond donors (Lipinski definition) is 1. The number of rotatable bonds is 5. The van der Waals surface area contributed by atoms with Crippen molar-refractivity contribution in [3.63, 3.8) is 0 Å². The summed E-state index contributed by atoms with van der Waals surface area (Å²) in [5, 5.41) is 1.07. The Morgan fingerprint density at radius 2 is 1.74 bits per heavy atom. The third kappa shape index (κ3) is 4.21. The van der Waals surface area contributed by atoms with E-state index in [9.17, 15) is 8.78 Å². The van der Waals surface area contributed by atoms with E-state index in [0.717, 1.165) is 71.6 Å². The van der Waals surface area contributed by atoms with Crippen LogP contribution in [0.4, 0.5) is 14.6 Å². The van der Waals surface area contributed by atoms with Gasteiger partial charge in [-0.2, -0.15) is 0 Å². The highest BCUT2D eigenvalue weighted by atomic mass is 19.2. The van der Waals surface area contributed by atoms with Crippen LogP contribution in [-0.2, 0) is 6.42 Å². The monoisotopic (exact) mass is 470 g/mol. The molecule has 0 saturated carbocycles. The number of H-pyrrole nitrogens is 1. The molecule has 0 spiro atoms. The highest BCUT2D eigenvalue weighted by molar-refractivity contribution is 6.08. The molecule has 0 atom stereocenters. The summed E-state index contributed by atoms with van der Waals surface area (Å²) < 4.78 is 26.7. The molecule has 1 aliphatic heterocycles. The van der Waals surface area contributed by atoms with E-state index in [-0.39, 0.29) is 0 Å². The predicted octanol–water partition coefficient (Wildman–Crippen LogP) is 4.82. The number of nitrogens with zero attached hydrogens (tertiary/aromatic N) is 5. The molecule has 6 rings (SSSR count). The smallest absolute Gasteiger partial charge is 0.163 e. The number of benzene rings is 2. The summed E-state index contributed by atoms with van der Waals surface area (Å²) in [7, 11) is 0. The van der Waals surface area contributed by atoms with Gasteiger partial charge in [0.1, 0.15) is 11.0 Å². The van der Waals surface area contributed by atoms with Gasteiger partial charge in [-0.15, -0.1) is 0 Å². The molecule has 0 unspecified atom stereocenters. The average Bonchev–Trinajstić information content (AvgIpc) is 3.28. The van der Waals surface area contributed by atoms with Gasteiger partial charge >= 0.3 is 0 Å². The topological polar surface area (TPSA) is 60.9 Å². The van der Waals surface area contributed by atoms with Crippen molar-refractivity contribution in [2.45, 2.75) is 6.42 Å². The first-order valence-corrected chi connectivity index (χ1v) is 11.8. The van der Waals surface area contributed by atoms with Crippen LogP contribution in [0.15, 0.2) is 67.0 Å². The Bertz CT molecular complexity index is 1490. The van der Waals surface area contributed by atoms with Crippen LogP contribution < -0.4 is 4.90 Å². The Morgan fingerprint density at radius 1 is 0.886 bits per heavy atom. The maximum atomic E-state index is 13.5. The van der Waals surface area contributed by atoms with Crippen LogP contribution in [0.5, 0.6) is 0 Å². The Hall–Kier alpha value is -3.91. The lowest BCUT2D eigenvalue weighted by Gasteiger charge is -2.35. The Labute approximate surface area is 201 Å². The van der Waals surface area contributed by atoms with Gasteiger partial charge in [0.05, 0.1) is 0 Å². The number of nitrogens with one attached hydrogen (secondary N) is 1. The van der Waals surface area contributed by atoms with E-state index in [1.807, 2.05) is 24.3 Å². The summed E-state index contributed by atoms with van der Waals surface area (Å²) in [4.78, 5) is 22.3. The van der Waals surface area contributed by atoms with Crippen LogP contribution in [0.25, 0.3) is 33.3 Å². The molecular formula is C27H24F2N6. The molecule has 1 N–H and O–H groups in total. The van der Waals surface area contributed by atoms with E-state index >= 15 is 0 Å². The molecule has 0 aliphatic carbocycles. The molecule has 1 fully saturated rings. The number of fused-ring (bicyclic) bond motifs is 3. The molecule has 0 bridgehead atoms. The van der Waals surface area contributed by atoms with Gasteiger partial charge in [0.2, 0.25) is 0 Å². The number of piperazine rings is 1. The molecule has 4 heterocycles. The minimum absolute atomic E-state index is 0.658. The third-order valence-electron chi connectivity index (χ3n) is 6.62. The third-order valence-corrected chi connectivity index (χ3v) is 6.62. The van der Waals surface area contributed by atoms with Crippen LogP contribution in [-0.4, -0.2) is 57.6 Å². The Kier molecular flexibility index (Phi) is 5.58. The Morgan fingerprint density at radius 3 is 2.54 bits per heavy atom. The lowest BCUT2D eigenvalue weighted by atomic mass is 10.1. The predicted molar refractivity (Wildman–Crippen MR) is 133 cm³/mol. The van der Waals surface area contributed by atoms with Crippen molar-refractivity contribution in [3.05, 3.63) is 84.2 Å². The molecule has 0 radical (unpaired) electrons. The van der Waals surface area contributed by atoms with Gasteiger partial charge in [-0.1, -0.05) is 24.3 Å². The molecule has 1 aliphatic rings. The van der Waals surface area contributed by atoms with Crippen molar-refractivity contribution in [2.75, 3.05) is 37.6 Å². The van der Waals surface area contributed by atoms with Crippen LogP contribution >= 0.6 is 0 Å². The summed E-state index contributed by atoms with van der Waals surface area (Å²) in [6.45, 7) is 4.14. The summed E-state index contributed by atoms with van der Waals surface area (Å²) in [6.07, 6.45) is 4.21. The first kappa shape index (κ1) is 21.6. The van der Waals surface area contributed by atoms with Crippen molar-refractivity contribution in [1.29, 1.82) is 0 Å². The molecule has 176 valence electrons. The normalized spacial score (nSPS) is 14.7.